The van der Waals surface area contributed by atoms with Crippen LogP contribution < -0.4 is 10.2 Å². The predicted molar refractivity (Wildman–Crippen MR) is 113 cm³/mol. The van der Waals surface area contributed by atoms with Gasteiger partial charge in [0, 0.05) is 18.6 Å². The zero-order chi connectivity index (χ0) is 20.6. The number of aliphatic carboxylic acids is 1. The van der Waals surface area contributed by atoms with Crippen molar-refractivity contribution in [2.75, 3.05) is 23.3 Å². The van der Waals surface area contributed by atoms with Crippen LogP contribution in [0.2, 0.25) is 0 Å². The Bertz CT molecular complexity index is 1000. The first kappa shape index (κ1) is 19.2. The first-order valence-electron chi connectivity index (χ1n) is 9.92. The Hall–Kier alpha value is -3.09. The summed E-state index contributed by atoms with van der Waals surface area (Å²) in [5.41, 5.74) is 2.98. The van der Waals surface area contributed by atoms with E-state index >= 15 is 0 Å². The summed E-state index contributed by atoms with van der Waals surface area (Å²) in [6, 6.07) is 9.65. The number of para-hydroxylation sites is 2. The molecule has 3 heterocycles. The second kappa shape index (κ2) is 7.39. The van der Waals surface area contributed by atoms with Crippen LogP contribution in [-0.4, -0.2) is 39.7 Å². The van der Waals surface area contributed by atoms with Gasteiger partial charge in [-0.25, -0.2) is 9.97 Å². The van der Waals surface area contributed by atoms with E-state index in [4.69, 9.17) is 4.42 Å². The third kappa shape index (κ3) is 4.18. The molecule has 0 amide bonds. The third-order valence-electron chi connectivity index (χ3n) is 5.03. The first-order valence-corrected chi connectivity index (χ1v) is 9.92. The molecule has 7 heteroatoms. The second-order valence-electron chi connectivity index (χ2n) is 8.57. The molecule has 7 nitrogen and oxygen atoms in total. The minimum Gasteiger partial charge on any atom is -0.481 e. The Labute approximate surface area is 169 Å². The number of nitrogens with zero attached hydrogens (tertiary/aromatic N) is 3. The molecule has 1 aliphatic heterocycles. The lowest BCUT2D eigenvalue weighted by Gasteiger charge is -2.33. The number of carboxylic acids is 1. The molecule has 0 bridgehead atoms. The van der Waals surface area contributed by atoms with E-state index in [0.717, 1.165) is 35.3 Å². The van der Waals surface area contributed by atoms with Gasteiger partial charge in [0.25, 0.3) is 0 Å². The van der Waals surface area contributed by atoms with Gasteiger partial charge in [-0.3, -0.25) is 4.79 Å². The zero-order valence-electron chi connectivity index (χ0n) is 17.0. The van der Waals surface area contributed by atoms with E-state index in [9.17, 15) is 9.90 Å². The standard InChI is InChI=1S/C22H26N4O3/c1-22(2,3)25-19-16(20-24-17-8-4-5-9-18(17)29-20)11-15(12-23-19)26-10-6-7-14(13-26)21(27)28/h4-5,8-9,11-12,14H,6-7,10,13H2,1-3H3,(H,23,25)(H,27,28). The average molecular weight is 394 g/mol. The van der Waals surface area contributed by atoms with Crippen molar-refractivity contribution in [2.24, 2.45) is 5.92 Å². The van der Waals surface area contributed by atoms with E-state index in [0.29, 0.717) is 24.7 Å². The highest BCUT2D eigenvalue weighted by Crippen LogP contribution is 2.34. The summed E-state index contributed by atoms with van der Waals surface area (Å²) >= 11 is 0. The molecule has 1 saturated heterocycles. The highest BCUT2D eigenvalue weighted by molar-refractivity contribution is 5.81. The van der Waals surface area contributed by atoms with Gasteiger partial charge in [0.15, 0.2) is 5.58 Å². The molecule has 1 atom stereocenters. The normalized spacial score (nSPS) is 17.5. The topological polar surface area (TPSA) is 91.5 Å². The maximum absolute atomic E-state index is 11.5. The van der Waals surface area contributed by atoms with Crippen molar-refractivity contribution in [2.45, 2.75) is 39.2 Å². The maximum atomic E-state index is 11.5. The number of benzene rings is 1. The number of anilines is 2. The van der Waals surface area contributed by atoms with Crippen molar-refractivity contribution >= 4 is 28.6 Å². The number of piperidine rings is 1. The summed E-state index contributed by atoms with van der Waals surface area (Å²) in [6.07, 6.45) is 3.35. The van der Waals surface area contributed by atoms with E-state index in [2.05, 4.69) is 41.0 Å². The third-order valence-corrected chi connectivity index (χ3v) is 5.03. The number of aromatic nitrogens is 2. The Morgan fingerprint density at radius 3 is 2.83 bits per heavy atom. The molecule has 152 valence electrons. The van der Waals surface area contributed by atoms with Crippen LogP contribution in [0.5, 0.6) is 0 Å². The predicted octanol–water partition coefficient (Wildman–Crippen LogP) is 4.40. The summed E-state index contributed by atoms with van der Waals surface area (Å²) in [5.74, 6) is 0.0930. The number of carboxylic acid groups (broad SMARTS) is 1. The van der Waals surface area contributed by atoms with Crippen molar-refractivity contribution in [3.8, 4) is 11.5 Å². The van der Waals surface area contributed by atoms with Crippen LogP contribution in [0.4, 0.5) is 11.5 Å². The van der Waals surface area contributed by atoms with E-state index in [1.807, 2.05) is 30.3 Å². The van der Waals surface area contributed by atoms with E-state index in [1.54, 1.807) is 6.20 Å². The molecule has 1 aliphatic rings. The number of hydrogen-bond donors (Lipinski definition) is 2. The Morgan fingerprint density at radius 1 is 1.31 bits per heavy atom. The largest absolute Gasteiger partial charge is 0.481 e. The van der Waals surface area contributed by atoms with E-state index in [1.165, 1.54) is 0 Å². The van der Waals surface area contributed by atoms with Gasteiger partial charge < -0.3 is 19.7 Å². The molecule has 0 spiro atoms. The Balaban J connectivity index is 1.75. The summed E-state index contributed by atoms with van der Waals surface area (Å²) in [5, 5.41) is 12.8. The maximum Gasteiger partial charge on any atom is 0.308 e. The minimum absolute atomic E-state index is 0.186. The molecule has 2 aromatic heterocycles. The highest BCUT2D eigenvalue weighted by atomic mass is 16.4. The van der Waals surface area contributed by atoms with Crippen LogP contribution in [0.1, 0.15) is 33.6 Å². The molecule has 1 unspecified atom stereocenters. The van der Waals surface area contributed by atoms with Crippen LogP contribution in [0.15, 0.2) is 40.9 Å². The van der Waals surface area contributed by atoms with Crippen LogP contribution in [0, 0.1) is 5.92 Å². The number of pyridine rings is 1. The lowest BCUT2D eigenvalue weighted by molar-refractivity contribution is -0.141. The Morgan fingerprint density at radius 2 is 2.10 bits per heavy atom. The van der Waals surface area contributed by atoms with Crippen LogP contribution >= 0.6 is 0 Å². The fraction of sp³-hybridized carbons (Fsp3) is 0.409. The van der Waals surface area contributed by atoms with Crippen LogP contribution in [0.3, 0.4) is 0 Å². The average Bonchev–Trinajstić information content (AvgIpc) is 3.11. The molecule has 1 aromatic carbocycles. The lowest BCUT2D eigenvalue weighted by Crippen LogP contribution is -2.38. The number of carbonyl (C=O) groups is 1. The van der Waals surface area contributed by atoms with Crippen molar-refractivity contribution in [1.29, 1.82) is 0 Å². The summed E-state index contributed by atoms with van der Waals surface area (Å²) in [4.78, 5) is 22.8. The van der Waals surface area contributed by atoms with Crippen LogP contribution in [-0.2, 0) is 4.79 Å². The molecule has 3 aromatic rings. The number of rotatable bonds is 4. The number of nitrogens with one attached hydrogen (secondary N) is 1. The molecule has 0 radical (unpaired) electrons. The van der Waals surface area contributed by atoms with Crippen molar-refractivity contribution in [3.05, 3.63) is 36.5 Å². The fourth-order valence-electron chi connectivity index (χ4n) is 3.65. The fourth-order valence-corrected chi connectivity index (χ4v) is 3.65. The summed E-state index contributed by atoms with van der Waals surface area (Å²) in [6.45, 7) is 7.50. The zero-order valence-corrected chi connectivity index (χ0v) is 17.0. The number of hydrogen-bond acceptors (Lipinski definition) is 6. The van der Waals surface area contributed by atoms with Gasteiger partial charge in [-0.05, 0) is 51.8 Å². The van der Waals surface area contributed by atoms with Gasteiger partial charge in [0.1, 0.15) is 11.3 Å². The van der Waals surface area contributed by atoms with Crippen molar-refractivity contribution < 1.29 is 14.3 Å². The monoisotopic (exact) mass is 394 g/mol. The molecular formula is C22H26N4O3. The SMILES string of the molecule is CC(C)(C)Nc1ncc(N2CCCC(C(=O)O)C2)cc1-c1nc2ccccc2o1. The summed E-state index contributed by atoms with van der Waals surface area (Å²) < 4.78 is 6.01. The first-order chi connectivity index (χ1) is 13.8. The number of fused-ring (bicyclic) bond motifs is 1. The van der Waals surface area contributed by atoms with Gasteiger partial charge in [0.2, 0.25) is 5.89 Å². The molecule has 4 rings (SSSR count). The second-order valence-corrected chi connectivity index (χ2v) is 8.57. The molecule has 1 fully saturated rings. The molecule has 0 aliphatic carbocycles. The molecule has 29 heavy (non-hydrogen) atoms. The molecular weight excluding hydrogens is 368 g/mol. The lowest BCUT2D eigenvalue weighted by atomic mass is 9.98. The van der Waals surface area contributed by atoms with Gasteiger partial charge in [0.05, 0.1) is 23.4 Å². The van der Waals surface area contributed by atoms with Crippen molar-refractivity contribution in [3.63, 3.8) is 0 Å². The molecule has 2 N–H and O–H groups in total. The summed E-state index contributed by atoms with van der Waals surface area (Å²) in [7, 11) is 0. The Kier molecular flexibility index (Phi) is 4.90. The number of oxazole rings is 1. The van der Waals surface area contributed by atoms with Crippen LogP contribution in [0.25, 0.3) is 22.6 Å². The van der Waals surface area contributed by atoms with Gasteiger partial charge >= 0.3 is 5.97 Å². The van der Waals surface area contributed by atoms with Gasteiger partial charge in [-0.1, -0.05) is 12.1 Å². The molecule has 0 saturated carbocycles. The quantitative estimate of drug-likeness (QED) is 0.677. The van der Waals surface area contributed by atoms with Crippen molar-refractivity contribution in [1.82, 2.24) is 9.97 Å². The van der Waals surface area contributed by atoms with E-state index in [-0.39, 0.29) is 11.5 Å². The van der Waals surface area contributed by atoms with Gasteiger partial charge in [-0.15, -0.1) is 0 Å². The highest BCUT2D eigenvalue weighted by Gasteiger charge is 2.27. The smallest absolute Gasteiger partial charge is 0.308 e. The van der Waals surface area contributed by atoms with Gasteiger partial charge in [-0.2, -0.15) is 0 Å². The van der Waals surface area contributed by atoms with E-state index < -0.39 is 5.97 Å². The minimum atomic E-state index is -0.743.